The monoisotopic (exact) mass is 284 g/mol. The zero-order valence-corrected chi connectivity index (χ0v) is 13.5. The zero-order chi connectivity index (χ0) is 15.4. The first-order chi connectivity index (χ1) is 10.2. The van der Waals surface area contributed by atoms with E-state index in [1.807, 2.05) is 26.8 Å². The topological polar surface area (TPSA) is 41.9 Å². The van der Waals surface area contributed by atoms with Gasteiger partial charge in [0.25, 0.3) is 0 Å². The summed E-state index contributed by atoms with van der Waals surface area (Å²) in [4.78, 5) is 15.9. The van der Waals surface area contributed by atoms with Crippen LogP contribution in [0.1, 0.15) is 45.1 Å². The van der Waals surface area contributed by atoms with Gasteiger partial charge in [-0.05, 0) is 25.0 Å². The Hall–Kier alpha value is -1.97. The highest BCUT2D eigenvalue weighted by atomic mass is 15.2. The van der Waals surface area contributed by atoms with E-state index in [9.17, 15) is 0 Å². The zero-order valence-electron chi connectivity index (χ0n) is 13.5. The van der Waals surface area contributed by atoms with Gasteiger partial charge in [0.15, 0.2) is 0 Å². The van der Waals surface area contributed by atoms with E-state index in [1.54, 1.807) is 6.20 Å². The van der Waals surface area contributed by atoms with Crippen molar-refractivity contribution in [1.82, 2.24) is 15.0 Å². The molecule has 0 saturated heterocycles. The van der Waals surface area contributed by atoms with Crippen molar-refractivity contribution in [3.8, 4) is 0 Å². The van der Waals surface area contributed by atoms with Crippen LogP contribution in [-0.2, 0) is 0 Å². The second kappa shape index (κ2) is 6.66. The predicted molar refractivity (Wildman–Crippen MR) is 89.6 cm³/mol. The molecule has 0 bridgehead atoms. The van der Waals surface area contributed by atoms with Gasteiger partial charge in [0.1, 0.15) is 11.6 Å². The van der Waals surface area contributed by atoms with Crippen LogP contribution in [0.25, 0.3) is 16.5 Å². The van der Waals surface area contributed by atoms with E-state index >= 15 is 0 Å². The maximum atomic E-state index is 4.63. The third-order valence-electron chi connectivity index (χ3n) is 3.50. The van der Waals surface area contributed by atoms with Gasteiger partial charge in [0.2, 0.25) is 0 Å². The average molecular weight is 284 g/mol. The van der Waals surface area contributed by atoms with E-state index in [0.717, 1.165) is 53.3 Å². The smallest absolute Gasteiger partial charge is 0.142 e. The van der Waals surface area contributed by atoms with Gasteiger partial charge < -0.3 is 4.90 Å². The normalized spacial score (nSPS) is 13.1. The molecular weight excluding hydrogens is 260 g/mol. The molecule has 2 aromatic rings. The van der Waals surface area contributed by atoms with Gasteiger partial charge in [-0.1, -0.05) is 33.8 Å². The molecule has 2 aromatic heterocycles. The first-order valence-corrected chi connectivity index (χ1v) is 7.77. The van der Waals surface area contributed by atoms with Gasteiger partial charge in [0, 0.05) is 19.3 Å². The molecule has 0 spiro atoms. The number of hydrogen-bond acceptors (Lipinski definition) is 4. The standard InChI is InChI=1S/C15H18N4.C2H6/c1-4-5-8-19-9-10(2)14-13-12(6-7-16-14)17-11(3)18-15(13)19;1-2/h6-7H,2,4-5,8-9H2,1,3H3;1-2H3. The Morgan fingerprint density at radius 3 is 2.76 bits per heavy atom. The number of unbranched alkanes of at least 4 members (excludes halogenated alkanes) is 1. The maximum absolute atomic E-state index is 4.63. The SMILES string of the molecule is C=C1CN(CCCC)c2nc(C)nc3ccnc1c23.CC. The first-order valence-electron chi connectivity index (χ1n) is 7.77. The molecule has 0 unspecified atom stereocenters. The lowest BCUT2D eigenvalue weighted by Gasteiger charge is -2.30. The van der Waals surface area contributed by atoms with Crippen molar-refractivity contribution in [3.05, 3.63) is 30.4 Å². The van der Waals surface area contributed by atoms with E-state index in [-0.39, 0.29) is 0 Å². The Morgan fingerprint density at radius 1 is 1.29 bits per heavy atom. The Kier molecular flexibility index (Phi) is 4.89. The molecule has 0 amide bonds. The van der Waals surface area contributed by atoms with Crippen LogP contribution in [0.4, 0.5) is 5.82 Å². The molecule has 1 aliphatic rings. The number of aryl methyl sites for hydroxylation is 1. The fraction of sp³-hybridized carbons (Fsp3) is 0.471. The van der Waals surface area contributed by atoms with E-state index in [2.05, 4.69) is 33.4 Å². The number of anilines is 1. The second-order valence-corrected chi connectivity index (χ2v) is 5.03. The molecule has 4 nitrogen and oxygen atoms in total. The summed E-state index contributed by atoms with van der Waals surface area (Å²) in [6.45, 7) is 14.1. The van der Waals surface area contributed by atoms with Crippen molar-refractivity contribution in [2.75, 3.05) is 18.0 Å². The van der Waals surface area contributed by atoms with Crippen molar-refractivity contribution in [2.24, 2.45) is 0 Å². The van der Waals surface area contributed by atoms with Gasteiger partial charge in [-0.2, -0.15) is 0 Å². The number of nitrogens with zero attached hydrogens (tertiary/aromatic N) is 4. The third-order valence-corrected chi connectivity index (χ3v) is 3.50. The summed E-state index contributed by atoms with van der Waals surface area (Å²) in [6, 6.07) is 1.95. The molecule has 21 heavy (non-hydrogen) atoms. The van der Waals surface area contributed by atoms with Crippen LogP contribution in [-0.4, -0.2) is 28.0 Å². The van der Waals surface area contributed by atoms with Crippen LogP contribution < -0.4 is 4.90 Å². The van der Waals surface area contributed by atoms with Crippen LogP contribution in [0.15, 0.2) is 18.8 Å². The fourth-order valence-electron chi connectivity index (χ4n) is 2.58. The summed E-state index contributed by atoms with van der Waals surface area (Å²) in [7, 11) is 0. The number of aromatic nitrogens is 3. The van der Waals surface area contributed by atoms with E-state index in [1.165, 1.54) is 6.42 Å². The molecule has 0 fully saturated rings. The molecule has 0 radical (unpaired) electrons. The predicted octanol–water partition coefficient (Wildman–Crippen LogP) is 3.99. The number of pyridine rings is 1. The molecule has 0 N–H and O–H groups in total. The molecule has 0 saturated carbocycles. The van der Waals surface area contributed by atoms with Crippen molar-refractivity contribution in [3.63, 3.8) is 0 Å². The van der Waals surface area contributed by atoms with E-state index < -0.39 is 0 Å². The van der Waals surface area contributed by atoms with Crippen LogP contribution in [0, 0.1) is 6.92 Å². The number of rotatable bonds is 3. The van der Waals surface area contributed by atoms with Crippen molar-refractivity contribution in [2.45, 2.75) is 40.5 Å². The Bertz CT molecular complexity index is 649. The third kappa shape index (κ3) is 2.89. The van der Waals surface area contributed by atoms with Gasteiger partial charge in [-0.3, -0.25) is 4.98 Å². The van der Waals surface area contributed by atoms with Crippen molar-refractivity contribution >= 4 is 22.3 Å². The fourth-order valence-corrected chi connectivity index (χ4v) is 2.58. The Balaban J connectivity index is 0.000000774. The lowest BCUT2D eigenvalue weighted by atomic mass is 10.0. The lowest BCUT2D eigenvalue weighted by Crippen LogP contribution is -2.31. The summed E-state index contributed by atoms with van der Waals surface area (Å²) >= 11 is 0. The lowest BCUT2D eigenvalue weighted by molar-refractivity contribution is 0.737. The largest absolute Gasteiger partial charge is 0.352 e. The van der Waals surface area contributed by atoms with Crippen LogP contribution >= 0.6 is 0 Å². The van der Waals surface area contributed by atoms with E-state index in [0.29, 0.717) is 0 Å². The van der Waals surface area contributed by atoms with Crippen molar-refractivity contribution in [1.29, 1.82) is 0 Å². The van der Waals surface area contributed by atoms with Gasteiger partial charge in [-0.25, -0.2) is 9.97 Å². The van der Waals surface area contributed by atoms with Gasteiger partial charge >= 0.3 is 0 Å². The van der Waals surface area contributed by atoms with E-state index in [4.69, 9.17) is 0 Å². The summed E-state index contributed by atoms with van der Waals surface area (Å²) in [5.41, 5.74) is 2.98. The summed E-state index contributed by atoms with van der Waals surface area (Å²) in [5.74, 6) is 1.83. The minimum absolute atomic E-state index is 0.814. The molecule has 4 heteroatoms. The molecule has 3 heterocycles. The molecule has 0 atom stereocenters. The van der Waals surface area contributed by atoms with Crippen LogP contribution in [0.2, 0.25) is 0 Å². The molecule has 3 rings (SSSR count). The van der Waals surface area contributed by atoms with Crippen molar-refractivity contribution < 1.29 is 0 Å². The summed E-state index contributed by atoms with van der Waals surface area (Å²) in [6.07, 6.45) is 4.14. The van der Waals surface area contributed by atoms with Crippen LogP contribution in [0.3, 0.4) is 0 Å². The Morgan fingerprint density at radius 2 is 2.05 bits per heavy atom. The number of hydrogen-bond donors (Lipinski definition) is 0. The van der Waals surface area contributed by atoms with Crippen LogP contribution in [0.5, 0.6) is 0 Å². The molecule has 0 aliphatic carbocycles. The Labute approximate surface area is 126 Å². The molecular formula is C17H24N4. The maximum Gasteiger partial charge on any atom is 0.142 e. The minimum Gasteiger partial charge on any atom is -0.352 e. The average Bonchev–Trinajstić information content (AvgIpc) is 2.51. The van der Waals surface area contributed by atoms with Gasteiger partial charge in [0.05, 0.1) is 16.6 Å². The minimum atomic E-state index is 0.814. The highest BCUT2D eigenvalue weighted by molar-refractivity contribution is 6.00. The summed E-state index contributed by atoms with van der Waals surface area (Å²) in [5, 5.41) is 1.06. The highest BCUT2D eigenvalue weighted by Crippen LogP contribution is 2.34. The summed E-state index contributed by atoms with van der Waals surface area (Å²) < 4.78 is 0. The first kappa shape index (κ1) is 15.4. The second-order valence-electron chi connectivity index (χ2n) is 5.03. The highest BCUT2D eigenvalue weighted by Gasteiger charge is 2.24. The molecule has 0 aromatic carbocycles. The molecule has 1 aliphatic heterocycles. The molecule has 112 valence electrons. The quantitative estimate of drug-likeness (QED) is 0.854. The van der Waals surface area contributed by atoms with Gasteiger partial charge in [-0.15, -0.1) is 0 Å².